The molecule has 0 bridgehead atoms. The normalized spacial score (nSPS) is 23.4. The van der Waals surface area contributed by atoms with E-state index in [-0.39, 0.29) is 29.8 Å². The Labute approximate surface area is 225 Å². The minimum absolute atomic E-state index is 0.00980. The summed E-state index contributed by atoms with van der Waals surface area (Å²) < 4.78 is 12.2. The van der Waals surface area contributed by atoms with Gasteiger partial charge in [-0.25, -0.2) is 15.0 Å². The zero-order valence-electron chi connectivity index (χ0n) is 23.0. The number of halogens is 1. The van der Waals surface area contributed by atoms with Crippen molar-refractivity contribution in [1.29, 1.82) is 0 Å². The van der Waals surface area contributed by atoms with E-state index >= 15 is 0 Å². The molecule has 2 fully saturated rings. The predicted molar refractivity (Wildman–Crippen MR) is 148 cm³/mol. The summed E-state index contributed by atoms with van der Waals surface area (Å²) in [5.41, 5.74) is 0.805. The fourth-order valence-corrected chi connectivity index (χ4v) is 6.56. The Morgan fingerprint density at radius 1 is 1.16 bits per heavy atom. The zero-order valence-corrected chi connectivity index (χ0v) is 24.7. The number of amides is 1. The molecule has 0 N–H and O–H groups in total. The van der Waals surface area contributed by atoms with Crippen LogP contribution in [0.4, 0.5) is 17.3 Å². The summed E-state index contributed by atoms with van der Waals surface area (Å²) in [5, 5.41) is 0.421. The Bertz CT molecular complexity index is 1190. The van der Waals surface area contributed by atoms with Crippen LogP contribution in [0.15, 0.2) is 18.3 Å². The number of aromatic nitrogens is 3. The smallest absolute Gasteiger partial charge is 0.243 e. The van der Waals surface area contributed by atoms with E-state index < -0.39 is 13.7 Å². The first-order valence-corrected chi connectivity index (χ1v) is 16.5. The van der Waals surface area contributed by atoms with Crippen LogP contribution in [-0.2, 0) is 26.0 Å². The third-order valence-corrected chi connectivity index (χ3v) is 13.3. The standard InChI is InChI=1S/C27H38ClN5O3Si/c1-17-14-32(15-18(2)36-17)21-10-9-19(13-29-21)33-24-22(27(25(33)34)11-8-12-27)23(28)30-20(31-24)16-35-37(6,7)26(3,4)5/h9-10,13,17-18H,8,11-12,14-16H2,1-7H3/t17-,18+. The van der Waals surface area contributed by atoms with Gasteiger partial charge >= 0.3 is 0 Å². The summed E-state index contributed by atoms with van der Waals surface area (Å²) in [6.07, 6.45) is 4.54. The second kappa shape index (κ2) is 9.29. The fourth-order valence-electron chi connectivity index (χ4n) is 5.28. The predicted octanol–water partition coefficient (Wildman–Crippen LogP) is 5.76. The number of anilines is 3. The van der Waals surface area contributed by atoms with Crippen molar-refractivity contribution in [1.82, 2.24) is 15.0 Å². The van der Waals surface area contributed by atoms with Gasteiger partial charge in [-0.1, -0.05) is 38.8 Å². The minimum atomic E-state index is -2.01. The van der Waals surface area contributed by atoms with Crippen LogP contribution in [0.3, 0.4) is 0 Å². The molecule has 2 atom stereocenters. The van der Waals surface area contributed by atoms with Crippen molar-refractivity contribution in [3.63, 3.8) is 0 Å². The second-order valence-electron chi connectivity index (χ2n) is 12.3. The molecule has 0 aromatic carbocycles. The summed E-state index contributed by atoms with van der Waals surface area (Å²) in [6.45, 7) is 17.0. The number of nitrogens with zero attached hydrogens (tertiary/aromatic N) is 5. The molecule has 1 saturated heterocycles. The van der Waals surface area contributed by atoms with Gasteiger partial charge in [0.05, 0.1) is 36.1 Å². The third kappa shape index (κ3) is 4.58. The summed E-state index contributed by atoms with van der Waals surface area (Å²) in [6, 6.07) is 3.93. The Morgan fingerprint density at radius 2 is 1.84 bits per heavy atom. The molecule has 0 radical (unpaired) electrons. The Balaban J connectivity index is 1.47. The number of carbonyl (C=O) groups excluding carboxylic acids is 1. The quantitative estimate of drug-likeness (QED) is 0.350. The first-order valence-electron chi connectivity index (χ1n) is 13.2. The molecule has 2 aromatic rings. The number of hydrogen-bond donors (Lipinski definition) is 0. The van der Waals surface area contributed by atoms with Crippen LogP contribution in [0, 0.1) is 0 Å². The van der Waals surface area contributed by atoms with Gasteiger partial charge in [0.1, 0.15) is 16.8 Å². The Hall–Kier alpha value is -2.07. The topological polar surface area (TPSA) is 80.7 Å². The number of fused-ring (bicyclic) bond motifs is 2. The van der Waals surface area contributed by atoms with E-state index in [1.165, 1.54) is 0 Å². The molecule has 5 rings (SSSR count). The first-order chi connectivity index (χ1) is 17.3. The van der Waals surface area contributed by atoms with E-state index in [1.54, 1.807) is 11.1 Å². The largest absolute Gasteiger partial charge is 0.409 e. The molecule has 200 valence electrons. The molecule has 2 aliphatic heterocycles. The maximum absolute atomic E-state index is 13.9. The van der Waals surface area contributed by atoms with E-state index in [0.717, 1.165) is 43.7 Å². The average molecular weight is 544 g/mol. The first kappa shape index (κ1) is 26.5. The number of morpholine rings is 1. The van der Waals surface area contributed by atoms with Crippen molar-refractivity contribution in [2.75, 3.05) is 22.9 Å². The molecule has 10 heteroatoms. The molecule has 2 aromatic heterocycles. The molecule has 1 saturated carbocycles. The van der Waals surface area contributed by atoms with Gasteiger partial charge in [0, 0.05) is 18.7 Å². The van der Waals surface area contributed by atoms with Crippen molar-refractivity contribution < 1.29 is 14.0 Å². The lowest BCUT2D eigenvalue weighted by Crippen LogP contribution is -2.46. The molecular formula is C27H38ClN5O3Si. The van der Waals surface area contributed by atoms with Crippen molar-refractivity contribution in [2.45, 2.75) is 96.2 Å². The van der Waals surface area contributed by atoms with E-state index in [2.05, 4.69) is 57.6 Å². The molecule has 1 amide bonds. The molecule has 1 aliphatic carbocycles. The molecular weight excluding hydrogens is 506 g/mol. The number of ether oxygens (including phenoxy) is 1. The van der Waals surface area contributed by atoms with E-state index in [1.807, 2.05) is 12.1 Å². The number of rotatable bonds is 5. The Kier molecular flexibility index (Phi) is 6.66. The number of carbonyl (C=O) groups is 1. The van der Waals surface area contributed by atoms with Crippen molar-refractivity contribution in [2.24, 2.45) is 0 Å². The molecule has 4 heterocycles. The maximum atomic E-state index is 13.9. The van der Waals surface area contributed by atoms with Crippen LogP contribution in [-0.4, -0.2) is 54.5 Å². The van der Waals surface area contributed by atoms with Crippen LogP contribution in [0.2, 0.25) is 23.3 Å². The highest BCUT2D eigenvalue weighted by molar-refractivity contribution is 6.74. The van der Waals surface area contributed by atoms with Gasteiger partial charge in [0.25, 0.3) is 0 Å². The van der Waals surface area contributed by atoms with Gasteiger partial charge in [0.15, 0.2) is 14.1 Å². The molecule has 37 heavy (non-hydrogen) atoms. The van der Waals surface area contributed by atoms with Crippen LogP contribution in [0.25, 0.3) is 0 Å². The summed E-state index contributed by atoms with van der Waals surface area (Å²) in [7, 11) is -2.01. The Morgan fingerprint density at radius 3 is 2.38 bits per heavy atom. The SMILES string of the molecule is C[C@@H]1CN(c2ccc(N3C(=O)C4(CCC4)c4c(Cl)nc(CO[Si](C)(C)C(C)(C)C)nc43)cn2)C[C@H](C)O1. The van der Waals surface area contributed by atoms with Crippen molar-refractivity contribution in [3.05, 3.63) is 34.9 Å². The summed E-state index contributed by atoms with van der Waals surface area (Å²) >= 11 is 6.78. The number of hydrogen-bond acceptors (Lipinski definition) is 7. The molecule has 0 unspecified atom stereocenters. The monoisotopic (exact) mass is 543 g/mol. The zero-order chi connectivity index (χ0) is 26.8. The van der Waals surface area contributed by atoms with Gasteiger partial charge in [0.2, 0.25) is 5.91 Å². The van der Waals surface area contributed by atoms with Crippen molar-refractivity contribution >= 4 is 43.1 Å². The number of pyridine rings is 1. The molecule has 8 nitrogen and oxygen atoms in total. The van der Waals surface area contributed by atoms with Gasteiger partial charge in [-0.3, -0.25) is 9.69 Å². The van der Waals surface area contributed by atoms with Gasteiger partial charge in [-0.2, -0.15) is 0 Å². The summed E-state index contributed by atoms with van der Waals surface area (Å²) in [4.78, 5) is 32.0. The average Bonchev–Trinajstić information content (AvgIpc) is 3.05. The van der Waals surface area contributed by atoms with Gasteiger partial charge in [-0.15, -0.1) is 0 Å². The van der Waals surface area contributed by atoms with Crippen LogP contribution >= 0.6 is 11.6 Å². The van der Waals surface area contributed by atoms with Crippen LogP contribution in [0.1, 0.15) is 65.3 Å². The maximum Gasteiger partial charge on any atom is 0.243 e. The third-order valence-electron chi connectivity index (χ3n) is 8.50. The van der Waals surface area contributed by atoms with E-state index in [9.17, 15) is 4.79 Å². The lowest BCUT2D eigenvalue weighted by molar-refractivity contribution is -0.125. The van der Waals surface area contributed by atoms with E-state index in [0.29, 0.717) is 22.5 Å². The van der Waals surface area contributed by atoms with Crippen LogP contribution < -0.4 is 9.80 Å². The summed E-state index contributed by atoms with van der Waals surface area (Å²) in [5.74, 6) is 1.96. The van der Waals surface area contributed by atoms with Gasteiger partial charge < -0.3 is 14.1 Å². The highest BCUT2D eigenvalue weighted by Gasteiger charge is 2.57. The fraction of sp³-hybridized carbons (Fsp3) is 0.630. The lowest BCUT2D eigenvalue weighted by Gasteiger charge is -2.37. The second-order valence-corrected chi connectivity index (χ2v) is 17.5. The highest BCUT2D eigenvalue weighted by atomic mass is 35.5. The molecule has 3 aliphatic rings. The highest BCUT2D eigenvalue weighted by Crippen LogP contribution is 2.56. The van der Waals surface area contributed by atoms with Gasteiger partial charge in [-0.05, 0) is 57.0 Å². The minimum Gasteiger partial charge on any atom is -0.409 e. The van der Waals surface area contributed by atoms with E-state index in [4.69, 9.17) is 30.7 Å². The van der Waals surface area contributed by atoms with Crippen molar-refractivity contribution in [3.8, 4) is 0 Å². The molecule has 1 spiro atoms. The lowest BCUT2D eigenvalue weighted by atomic mass is 9.66. The van der Waals surface area contributed by atoms with Crippen LogP contribution in [0.5, 0.6) is 0 Å².